The number of hydrogen-bond donors (Lipinski definition) is 0. The molecular weight excluding hydrogens is 662 g/mol. The molecule has 5 atom stereocenters. The minimum Gasteiger partial charge on any atom is -0.463 e. The van der Waals surface area contributed by atoms with Crippen LogP contribution in [0.2, 0.25) is 0 Å². The Morgan fingerprint density at radius 3 is 2.67 bits per heavy atom. The zero-order valence-corrected chi connectivity index (χ0v) is 31.0. The molecule has 3 aliphatic heterocycles. The summed E-state index contributed by atoms with van der Waals surface area (Å²) < 4.78 is 20.9. The van der Waals surface area contributed by atoms with E-state index in [1.54, 1.807) is 0 Å². The van der Waals surface area contributed by atoms with Crippen LogP contribution in [0.3, 0.4) is 0 Å². The highest BCUT2D eigenvalue weighted by molar-refractivity contribution is 8.08. The van der Waals surface area contributed by atoms with Crippen molar-refractivity contribution >= 4 is 39.9 Å². The maximum atomic E-state index is 14.0. The molecule has 11 heteroatoms. The monoisotopic (exact) mass is 709 g/mol. The first-order valence-electron chi connectivity index (χ1n) is 18.5. The molecule has 2 aromatic carbocycles. The molecule has 1 amide bonds. The zero-order chi connectivity index (χ0) is 35.7. The molecule has 5 aliphatic rings. The predicted molar refractivity (Wildman–Crippen MR) is 201 cm³/mol. The molecule has 3 aromatic rings. The fourth-order valence-corrected chi connectivity index (χ4v) is 10.5. The number of nitriles is 1. The van der Waals surface area contributed by atoms with Gasteiger partial charge in [-0.15, -0.1) is 11.8 Å². The molecule has 2 unspecified atom stereocenters. The quantitative estimate of drug-likeness (QED) is 0.170. The van der Waals surface area contributed by atoms with Gasteiger partial charge in [0.25, 0.3) is 5.91 Å². The molecule has 0 N–H and O–H groups in total. The summed E-state index contributed by atoms with van der Waals surface area (Å²) in [4.78, 5) is 31.4. The number of halogens is 1. The van der Waals surface area contributed by atoms with Gasteiger partial charge in [0.15, 0.2) is 5.83 Å². The molecular formula is C40H48FN7O2S. The molecule has 0 spiro atoms. The lowest BCUT2D eigenvalue weighted by molar-refractivity contribution is -0.131. The van der Waals surface area contributed by atoms with Crippen molar-refractivity contribution in [3.05, 3.63) is 65.6 Å². The number of aromatic nitrogens is 2. The summed E-state index contributed by atoms with van der Waals surface area (Å²) in [5, 5.41) is 12.7. The minimum atomic E-state index is -1.00. The van der Waals surface area contributed by atoms with Gasteiger partial charge in [0.2, 0.25) is 0 Å². The summed E-state index contributed by atoms with van der Waals surface area (Å²) in [6, 6.07) is 15.0. The molecule has 4 heterocycles. The molecule has 1 aromatic heterocycles. The Morgan fingerprint density at radius 1 is 1.16 bits per heavy atom. The second-order valence-electron chi connectivity index (χ2n) is 15.7. The molecule has 2 aliphatic carbocycles. The maximum Gasteiger partial charge on any atom is 0.318 e. The summed E-state index contributed by atoms with van der Waals surface area (Å²) in [6.07, 6.45) is 6.00. The second kappa shape index (κ2) is 13.0. The molecule has 4 fully saturated rings. The Kier molecular flexibility index (Phi) is 8.69. The number of aryl methyl sites for hydroxylation is 1. The number of rotatable bonds is 10. The van der Waals surface area contributed by atoms with Gasteiger partial charge in [0, 0.05) is 59.0 Å². The van der Waals surface area contributed by atoms with Gasteiger partial charge in [-0.25, -0.2) is 4.39 Å². The van der Waals surface area contributed by atoms with Crippen LogP contribution >= 0.6 is 11.8 Å². The van der Waals surface area contributed by atoms with E-state index < -0.39 is 17.8 Å². The van der Waals surface area contributed by atoms with Gasteiger partial charge in [-0.2, -0.15) is 15.2 Å². The van der Waals surface area contributed by atoms with Crippen LogP contribution in [-0.2, 0) is 17.8 Å². The first-order chi connectivity index (χ1) is 24.5. The van der Waals surface area contributed by atoms with Crippen molar-refractivity contribution < 1.29 is 13.9 Å². The van der Waals surface area contributed by atoms with Gasteiger partial charge in [0.1, 0.15) is 5.82 Å². The number of fused-ring (bicyclic) bond motifs is 2. The smallest absolute Gasteiger partial charge is 0.318 e. The van der Waals surface area contributed by atoms with E-state index in [1.165, 1.54) is 46.2 Å². The van der Waals surface area contributed by atoms with Gasteiger partial charge >= 0.3 is 6.01 Å². The molecule has 2 saturated carbocycles. The highest BCUT2D eigenvalue weighted by atomic mass is 32.2. The van der Waals surface area contributed by atoms with E-state index in [0.29, 0.717) is 48.3 Å². The summed E-state index contributed by atoms with van der Waals surface area (Å²) in [6.45, 7) is 13.3. The Hall–Kier alpha value is -3.88. The Balaban J connectivity index is 1.06. The van der Waals surface area contributed by atoms with Crippen molar-refractivity contribution in [2.75, 3.05) is 49.6 Å². The van der Waals surface area contributed by atoms with Crippen LogP contribution in [0.4, 0.5) is 15.9 Å². The van der Waals surface area contributed by atoms with Crippen molar-refractivity contribution in [2.24, 2.45) is 11.8 Å². The standard InChI is InChI=1S/C40H48FN7O2S/c1-25-9-6-10-27-11-7-14-33(34(25)27)46-18-16-31-32(23-46)43-38(44-35(31)47-19-20-48(36(49)26(2)41)30(22-47)15-17-42)50-24-29-21-39(29,3)45(5)37-40(4,51-37)28-12-8-13-28/h6-7,9-11,14,28-30,37H,2,8,12-13,15-16,18-24H2,1,3-5H3/t29?,30-,37?,39-,40-/m0/s1. The number of nitrogens with zero attached hydrogens (tertiary/aromatic N) is 7. The number of carbonyl (C=O) groups excluding carboxylic acids is 1. The van der Waals surface area contributed by atoms with Gasteiger partial charge in [0.05, 0.1) is 42.8 Å². The van der Waals surface area contributed by atoms with E-state index in [1.807, 2.05) is 0 Å². The molecule has 51 heavy (non-hydrogen) atoms. The number of thioether (sulfide) groups is 1. The second-order valence-corrected chi connectivity index (χ2v) is 17.3. The molecule has 2 saturated heterocycles. The third-order valence-electron chi connectivity index (χ3n) is 12.7. The molecule has 0 bridgehead atoms. The molecule has 8 rings (SSSR count). The summed E-state index contributed by atoms with van der Waals surface area (Å²) in [5.74, 6) is 0.265. The van der Waals surface area contributed by atoms with E-state index >= 15 is 0 Å². The lowest BCUT2D eigenvalue weighted by atomic mass is 9.76. The van der Waals surface area contributed by atoms with Gasteiger partial charge < -0.3 is 19.4 Å². The highest BCUT2D eigenvalue weighted by Crippen LogP contribution is 2.66. The largest absolute Gasteiger partial charge is 0.463 e. The van der Waals surface area contributed by atoms with E-state index in [4.69, 9.17) is 14.7 Å². The maximum absolute atomic E-state index is 14.0. The van der Waals surface area contributed by atoms with Crippen molar-refractivity contribution in [1.82, 2.24) is 19.8 Å². The van der Waals surface area contributed by atoms with E-state index in [0.717, 1.165) is 42.4 Å². The number of piperazine rings is 1. The minimum absolute atomic E-state index is 0.0903. The average molecular weight is 710 g/mol. The van der Waals surface area contributed by atoms with Crippen LogP contribution in [-0.4, -0.2) is 87.2 Å². The van der Waals surface area contributed by atoms with Crippen LogP contribution < -0.4 is 14.5 Å². The summed E-state index contributed by atoms with van der Waals surface area (Å²) in [5.41, 5.74) is 4.52. The van der Waals surface area contributed by atoms with Crippen LogP contribution in [0.1, 0.15) is 62.8 Å². The van der Waals surface area contributed by atoms with Crippen LogP contribution in [0.25, 0.3) is 10.8 Å². The van der Waals surface area contributed by atoms with Crippen LogP contribution in [0.15, 0.2) is 48.8 Å². The normalized spacial score (nSPS) is 28.6. The van der Waals surface area contributed by atoms with Crippen molar-refractivity contribution in [1.29, 1.82) is 5.26 Å². The predicted octanol–water partition coefficient (Wildman–Crippen LogP) is 6.64. The van der Waals surface area contributed by atoms with Crippen molar-refractivity contribution in [2.45, 2.75) is 87.5 Å². The van der Waals surface area contributed by atoms with Gasteiger partial charge in [-0.1, -0.05) is 43.3 Å². The molecule has 0 radical (unpaired) electrons. The summed E-state index contributed by atoms with van der Waals surface area (Å²) in [7, 11) is 2.29. The van der Waals surface area contributed by atoms with E-state index in [2.05, 4.69) is 103 Å². The van der Waals surface area contributed by atoms with Crippen LogP contribution in [0.5, 0.6) is 6.01 Å². The van der Waals surface area contributed by atoms with Crippen LogP contribution in [0, 0.1) is 30.1 Å². The first-order valence-corrected chi connectivity index (χ1v) is 19.3. The van der Waals surface area contributed by atoms with Crippen molar-refractivity contribution in [3.63, 3.8) is 0 Å². The Morgan fingerprint density at radius 2 is 1.94 bits per heavy atom. The third kappa shape index (κ3) is 6.02. The fraction of sp³-hybridized carbons (Fsp3) is 0.550. The number of amides is 1. The van der Waals surface area contributed by atoms with E-state index in [9.17, 15) is 14.4 Å². The Bertz CT molecular complexity index is 1930. The number of ether oxygens (including phenoxy) is 1. The molecule has 9 nitrogen and oxygen atoms in total. The third-order valence-corrected chi connectivity index (χ3v) is 14.6. The summed E-state index contributed by atoms with van der Waals surface area (Å²) >= 11 is 2.13. The SMILES string of the molecule is C=C(F)C(=O)N1CCN(c2nc(OCC3C[C@]3(C)N(C)C3S[C@@]3(C)C3CCC3)nc3c2CCN(c2cccc4cccc(C)c24)C3)C[C@@H]1CC#N. The topological polar surface area (TPSA) is 88.8 Å². The average Bonchev–Trinajstić information content (AvgIpc) is 3.98. The lowest BCUT2D eigenvalue weighted by Gasteiger charge is -2.42. The lowest BCUT2D eigenvalue weighted by Crippen LogP contribution is -2.55. The highest BCUT2D eigenvalue weighted by Gasteiger charge is 2.66. The van der Waals surface area contributed by atoms with Gasteiger partial charge in [-0.05, 0) is 76.4 Å². The zero-order valence-electron chi connectivity index (χ0n) is 30.2. The number of benzene rings is 2. The fourth-order valence-electron chi connectivity index (χ4n) is 8.94. The molecule has 268 valence electrons. The number of carbonyl (C=O) groups is 1. The first kappa shape index (κ1) is 34.2. The van der Waals surface area contributed by atoms with Crippen molar-refractivity contribution in [3.8, 4) is 12.1 Å². The Labute approximate surface area is 304 Å². The number of anilines is 2. The number of hydrogen-bond acceptors (Lipinski definition) is 9. The van der Waals surface area contributed by atoms with Gasteiger partial charge in [-0.3, -0.25) is 9.69 Å². The van der Waals surface area contributed by atoms with E-state index in [-0.39, 0.29) is 18.5 Å².